The molecule has 0 aliphatic rings. The second kappa shape index (κ2) is 6.53. The van der Waals surface area contributed by atoms with Gasteiger partial charge in [0.25, 0.3) is 0 Å². The third kappa shape index (κ3) is 3.36. The van der Waals surface area contributed by atoms with Gasteiger partial charge in [0.05, 0.1) is 6.10 Å². The molecule has 0 heterocycles. The van der Waals surface area contributed by atoms with Crippen molar-refractivity contribution in [3.63, 3.8) is 0 Å². The first-order valence-corrected chi connectivity index (χ1v) is 6.84. The minimum absolute atomic E-state index is 0.224. The van der Waals surface area contributed by atoms with Crippen molar-refractivity contribution in [1.29, 1.82) is 0 Å². The van der Waals surface area contributed by atoms with Gasteiger partial charge in [-0.1, -0.05) is 37.3 Å². The zero-order valence-corrected chi connectivity index (χ0v) is 11.9. The normalized spacial score (nSPS) is 12.2. The number of hydrogen-bond acceptors (Lipinski definition) is 2. The summed E-state index contributed by atoms with van der Waals surface area (Å²) in [5.74, 6) is -0.224. The van der Waals surface area contributed by atoms with Crippen LogP contribution in [-0.4, -0.2) is 12.2 Å². The van der Waals surface area contributed by atoms with E-state index in [2.05, 4.69) is 4.90 Å². The Hall–Kier alpha value is -1.87. The molecule has 0 aliphatic carbocycles. The first-order chi connectivity index (χ1) is 9.61. The van der Waals surface area contributed by atoms with Crippen molar-refractivity contribution in [2.75, 3.05) is 11.9 Å². The number of hydrogen-bond donors (Lipinski definition) is 1. The van der Waals surface area contributed by atoms with Gasteiger partial charge < -0.3 is 10.0 Å². The Morgan fingerprint density at radius 1 is 1.10 bits per heavy atom. The van der Waals surface area contributed by atoms with Crippen LogP contribution in [0.25, 0.3) is 0 Å². The van der Waals surface area contributed by atoms with E-state index in [1.165, 1.54) is 12.1 Å². The highest BCUT2D eigenvalue weighted by Gasteiger charge is 2.13. The van der Waals surface area contributed by atoms with E-state index in [4.69, 9.17) is 0 Å². The van der Waals surface area contributed by atoms with Gasteiger partial charge >= 0.3 is 0 Å². The molecule has 2 rings (SSSR count). The number of rotatable bonds is 5. The molecule has 0 unspecified atom stereocenters. The molecular weight excluding hydrogens is 253 g/mol. The van der Waals surface area contributed by atoms with Crippen molar-refractivity contribution in [3.05, 3.63) is 65.5 Å². The van der Waals surface area contributed by atoms with Crippen LogP contribution in [0.15, 0.2) is 48.5 Å². The lowest BCUT2D eigenvalue weighted by molar-refractivity contribution is 0.174. The summed E-state index contributed by atoms with van der Waals surface area (Å²) < 4.78 is 12.9. The lowest BCUT2D eigenvalue weighted by atomic mass is 10.0. The second-order valence-corrected chi connectivity index (χ2v) is 4.97. The first kappa shape index (κ1) is 14.5. The number of anilines is 1. The second-order valence-electron chi connectivity index (χ2n) is 4.97. The molecule has 0 aliphatic heterocycles. The largest absolute Gasteiger partial charge is 0.388 e. The van der Waals surface area contributed by atoms with Crippen LogP contribution in [0, 0.1) is 5.82 Å². The molecule has 2 aromatic carbocycles. The standard InChI is InChI=1S/C17H20FNO/c1-3-17(20)15-6-4-5-7-16(15)19(2)12-13-8-10-14(18)11-9-13/h4-11,17,20H,3,12H2,1-2H3/t17-/m0/s1. The quantitative estimate of drug-likeness (QED) is 0.893. The molecule has 1 atom stereocenters. The molecule has 0 saturated carbocycles. The lowest BCUT2D eigenvalue weighted by Crippen LogP contribution is -2.18. The molecule has 0 fully saturated rings. The fraction of sp³-hybridized carbons (Fsp3) is 0.294. The summed E-state index contributed by atoms with van der Waals surface area (Å²) in [6.45, 7) is 2.63. The summed E-state index contributed by atoms with van der Waals surface area (Å²) in [6, 6.07) is 14.3. The van der Waals surface area contributed by atoms with Gasteiger partial charge in [-0.05, 0) is 30.2 Å². The van der Waals surface area contributed by atoms with Gasteiger partial charge in [0.2, 0.25) is 0 Å². The summed E-state index contributed by atoms with van der Waals surface area (Å²) >= 11 is 0. The SMILES string of the molecule is CC[C@H](O)c1ccccc1N(C)Cc1ccc(F)cc1. The number of halogens is 1. The van der Waals surface area contributed by atoms with E-state index in [-0.39, 0.29) is 5.82 Å². The Balaban J connectivity index is 2.20. The smallest absolute Gasteiger partial charge is 0.123 e. The number of aliphatic hydroxyl groups excluding tert-OH is 1. The summed E-state index contributed by atoms with van der Waals surface area (Å²) in [5.41, 5.74) is 2.97. The van der Waals surface area contributed by atoms with E-state index >= 15 is 0 Å². The molecule has 0 bridgehead atoms. The molecular formula is C17H20FNO. The minimum Gasteiger partial charge on any atom is -0.388 e. The average Bonchev–Trinajstić information content (AvgIpc) is 2.48. The van der Waals surface area contributed by atoms with Crippen LogP contribution in [0.1, 0.15) is 30.6 Å². The van der Waals surface area contributed by atoms with Crippen LogP contribution in [0.5, 0.6) is 0 Å². The first-order valence-electron chi connectivity index (χ1n) is 6.84. The van der Waals surface area contributed by atoms with Gasteiger partial charge in [0, 0.05) is 24.8 Å². The Morgan fingerprint density at radius 3 is 2.40 bits per heavy atom. The number of aliphatic hydroxyl groups is 1. The summed E-state index contributed by atoms with van der Waals surface area (Å²) in [6.07, 6.45) is 0.225. The van der Waals surface area contributed by atoms with Crippen LogP contribution in [-0.2, 0) is 6.54 Å². The maximum atomic E-state index is 12.9. The van der Waals surface area contributed by atoms with E-state index < -0.39 is 6.10 Å². The van der Waals surface area contributed by atoms with Gasteiger partial charge in [-0.2, -0.15) is 0 Å². The third-order valence-electron chi connectivity index (χ3n) is 3.43. The predicted molar refractivity (Wildman–Crippen MR) is 80.2 cm³/mol. The molecule has 0 aromatic heterocycles. The zero-order chi connectivity index (χ0) is 14.5. The van der Waals surface area contributed by atoms with Gasteiger partial charge in [-0.3, -0.25) is 0 Å². The van der Waals surface area contributed by atoms with Gasteiger partial charge in [-0.15, -0.1) is 0 Å². The van der Waals surface area contributed by atoms with Crippen LogP contribution in [0.3, 0.4) is 0 Å². The summed E-state index contributed by atoms with van der Waals surface area (Å²) in [4.78, 5) is 2.07. The molecule has 0 saturated heterocycles. The molecule has 1 N–H and O–H groups in total. The zero-order valence-electron chi connectivity index (χ0n) is 11.9. The number of benzene rings is 2. The van der Waals surface area contributed by atoms with Crippen molar-refractivity contribution < 1.29 is 9.50 Å². The molecule has 106 valence electrons. The van der Waals surface area contributed by atoms with Crippen LogP contribution >= 0.6 is 0 Å². The Bertz CT molecular complexity index is 553. The van der Waals surface area contributed by atoms with Crippen molar-refractivity contribution >= 4 is 5.69 Å². The molecule has 2 aromatic rings. The van der Waals surface area contributed by atoms with Crippen LogP contribution < -0.4 is 4.90 Å². The number of nitrogens with zero attached hydrogens (tertiary/aromatic N) is 1. The Morgan fingerprint density at radius 2 is 1.75 bits per heavy atom. The average molecular weight is 273 g/mol. The van der Waals surface area contributed by atoms with Crippen molar-refractivity contribution in [2.45, 2.75) is 26.0 Å². The maximum Gasteiger partial charge on any atom is 0.123 e. The molecule has 0 amide bonds. The minimum atomic E-state index is -0.457. The summed E-state index contributed by atoms with van der Waals surface area (Å²) in [5, 5.41) is 10.1. The van der Waals surface area contributed by atoms with Crippen molar-refractivity contribution in [3.8, 4) is 0 Å². The molecule has 3 heteroatoms. The van der Waals surface area contributed by atoms with Gasteiger partial charge in [0.1, 0.15) is 5.82 Å². The molecule has 0 spiro atoms. The number of para-hydroxylation sites is 1. The molecule has 2 nitrogen and oxygen atoms in total. The monoisotopic (exact) mass is 273 g/mol. The van der Waals surface area contributed by atoms with Gasteiger partial charge in [0.15, 0.2) is 0 Å². The van der Waals surface area contributed by atoms with E-state index in [1.54, 1.807) is 12.1 Å². The highest BCUT2D eigenvalue weighted by molar-refractivity contribution is 5.54. The van der Waals surface area contributed by atoms with E-state index in [1.807, 2.05) is 38.2 Å². The van der Waals surface area contributed by atoms with Crippen LogP contribution in [0.2, 0.25) is 0 Å². The van der Waals surface area contributed by atoms with Crippen molar-refractivity contribution in [2.24, 2.45) is 0 Å². The Labute approximate surface area is 119 Å². The van der Waals surface area contributed by atoms with E-state index in [0.717, 1.165) is 16.8 Å². The predicted octanol–water partition coefficient (Wildman–Crippen LogP) is 3.91. The highest BCUT2D eigenvalue weighted by Crippen LogP contribution is 2.28. The topological polar surface area (TPSA) is 23.5 Å². The van der Waals surface area contributed by atoms with E-state index in [0.29, 0.717) is 13.0 Å². The molecule has 0 radical (unpaired) electrons. The van der Waals surface area contributed by atoms with E-state index in [9.17, 15) is 9.50 Å². The fourth-order valence-electron chi connectivity index (χ4n) is 2.29. The summed E-state index contributed by atoms with van der Waals surface area (Å²) in [7, 11) is 1.98. The third-order valence-corrected chi connectivity index (χ3v) is 3.43. The van der Waals surface area contributed by atoms with Crippen LogP contribution in [0.4, 0.5) is 10.1 Å². The maximum absolute atomic E-state index is 12.9. The highest BCUT2D eigenvalue weighted by atomic mass is 19.1. The van der Waals surface area contributed by atoms with Crippen molar-refractivity contribution in [1.82, 2.24) is 0 Å². The molecule has 20 heavy (non-hydrogen) atoms. The Kier molecular flexibility index (Phi) is 4.74. The lowest BCUT2D eigenvalue weighted by Gasteiger charge is -2.24. The fourth-order valence-corrected chi connectivity index (χ4v) is 2.29. The van der Waals surface area contributed by atoms with Gasteiger partial charge in [-0.25, -0.2) is 4.39 Å².